The maximum Gasteiger partial charge on any atom is 0.155 e. The Hall–Kier alpha value is -3.27. The van der Waals surface area contributed by atoms with Crippen LogP contribution in [0.15, 0.2) is 71.4 Å². The Morgan fingerprint density at radius 1 is 0.783 bits per heavy atom. The summed E-state index contributed by atoms with van der Waals surface area (Å²) in [5.41, 5.74) is 4.98. The molecular formula is C19H11N3O. The highest BCUT2D eigenvalue weighted by molar-refractivity contribution is 6.03. The van der Waals surface area contributed by atoms with Gasteiger partial charge in [-0.3, -0.25) is 9.97 Å². The van der Waals surface area contributed by atoms with E-state index in [1.165, 1.54) is 0 Å². The van der Waals surface area contributed by atoms with Crippen LogP contribution < -0.4 is 0 Å². The molecule has 0 fully saturated rings. The van der Waals surface area contributed by atoms with E-state index in [0.717, 1.165) is 44.4 Å². The highest BCUT2D eigenvalue weighted by Gasteiger charge is 2.11. The molecule has 1 aromatic carbocycles. The van der Waals surface area contributed by atoms with E-state index in [4.69, 9.17) is 9.40 Å². The Morgan fingerprint density at radius 2 is 1.74 bits per heavy atom. The highest BCUT2D eigenvalue weighted by Crippen LogP contribution is 2.29. The molecular weight excluding hydrogens is 286 g/mol. The van der Waals surface area contributed by atoms with Crippen molar-refractivity contribution in [3.63, 3.8) is 0 Å². The molecule has 0 N–H and O–H groups in total. The standard InChI is InChI=1S/C19H11N3O/c1-2-5-14-12(4-1)7-8-15(22-14)16-10-13-18(11-21-16)23-17-6-3-9-20-19(13)17/h1-11H. The van der Waals surface area contributed by atoms with Crippen LogP contribution in [0.4, 0.5) is 0 Å². The van der Waals surface area contributed by atoms with Crippen LogP contribution in [0, 0.1) is 0 Å². The van der Waals surface area contributed by atoms with Gasteiger partial charge in [-0.25, -0.2) is 4.98 Å². The summed E-state index contributed by atoms with van der Waals surface area (Å²) in [6, 6.07) is 17.9. The lowest BCUT2D eigenvalue weighted by molar-refractivity contribution is 0.666. The van der Waals surface area contributed by atoms with Crippen LogP contribution in [-0.4, -0.2) is 15.0 Å². The van der Waals surface area contributed by atoms with E-state index in [1.54, 1.807) is 12.4 Å². The van der Waals surface area contributed by atoms with Crippen molar-refractivity contribution in [3.05, 3.63) is 67.0 Å². The van der Waals surface area contributed by atoms with Crippen LogP contribution in [0.25, 0.3) is 44.4 Å². The van der Waals surface area contributed by atoms with E-state index in [-0.39, 0.29) is 0 Å². The minimum atomic E-state index is 0.739. The topological polar surface area (TPSA) is 51.8 Å². The molecule has 0 bridgehead atoms. The van der Waals surface area contributed by atoms with E-state index < -0.39 is 0 Å². The predicted octanol–water partition coefficient (Wildman–Crippen LogP) is 4.59. The Kier molecular flexibility index (Phi) is 2.46. The zero-order chi connectivity index (χ0) is 15.2. The largest absolute Gasteiger partial charge is 0.453 e. The zero-order valence-corrected chi connectivity index (χ0v) is 12.1. The van der Waals surface area contributed by atoms with Gasteiger partial charge in [-0.15, -0.1) is 0 Å². The summed E-state index contributed by atoms with van der Waals surface area (Å²) in [6.45, 7) is 0. The predicted molar refractivity (Wildman–Crippen MR) is 90.0 cm³/mol. The van der Waals surface area contributed by atoms with Crippen LogP contribution in [0.1, 0.15) is 0 Å². The first-order valence-electron chi connectivity index (χ1n) is 7.38. The highest BCUT2D eigenvalue weighted by atomic mass is 16.3. The SMILES string of the molecule is c1ccc2nc(-c3cc4c(cn3)oc3cccnc34)ccc2c1. The van der Waals surface area contributed by atoms with Gasteiger partial charge in [0.1, 0.15) is 5.52 Å². The molecule has 4 heterocycles. The van der Waals surface area contributed by atoms with Crippen LogP contribution in [0.3, 0.4) is 0 Å². The molecule has 0 saturated heterocycles. The zero-order valence-electron chi connectivity index (χ0n) is 12.1. The second-order valence-electron chi connectivity index (χ2n) is 5.41. The van der Waals surface area contributed by atoms with Gasteiger partial charge in [-0.05, 0) is 30.3 Å². The van der Waals surface area contributed by atoms with E-state index in [1.807, 2.05) is 42.5 Å². The van der Waals surface area contributed by atoms with Crippen molar-refractivity contribution in [3.8, 4) is 11.4 Å². The molecule has 23 heavy (non-hydrogen) atoms. The molecule has 108 valence electrons. The molecule has 5 rings (SSSR count). The van der Waals surface area contributed by atoms with Gasteiger partial charge in [0.25, 0.3) is 0 Å². The molecule has 0 spiro atoms. The van der Waals surface area contributed by atoms with Crippen LogP contribution in [-0.2, 0) is 0 Å². The van der Waals surface area contributed by atoms with Crippen LogP contribution in [0.2, 0.25) is 0 Å². The van der Waals surface area contributed by atoms with E-state index >= 15 is 0 Å². The van der Waals surface area contributed by atoms with Gasteiger partial charge >= 0.3 is 0 Å². The van der Waals surface area contributed by atoms with Crippen molar-refractivity contribution in [1.29, 1.82) is 0 Å². The van der Waals surface area contributed by atoms with Crippen LogP contribution >= 0.6 is 0 Å². The fraction of sp³-hybridized carbons (Fsp3) is 0. The minimum Gasteiger partial charge on any atom is -0.453 e. The number of rotatable bonds is 1. The molecule has 4 heteroatoms. The Labute approximate surface area is 131 Å². The van der Waals surface area contributed by atoms with Gasteiger partial charge in [-0.2, -0.15) is 0 Å². The van der Waals surface area contributed by atoms with Crippen molar-refractivity contribution in [2.24, 2.45) is 0 Å². The molecule has 0 radical (unpaired) electrons. The number of hydrogen-bond donors (Lipinski definition) is 0. The lowest BCUT2D eigenvalue weighted by Crippen LogP contribution is -1.88. The second kappa shape index (κ2) is 4.61. The molecule has 4 aromatic heterocycles. The van der Waals surface area contributed by atoms with Gasteiger partial charge in [0.2, 0.25) is 0 Å². The fourth-order valence-electron chi connectivity index (χ4n) is 2.85. The summed E-state index contributed by atoms with van der Waals surface area (Å²) in [5, 5.41) is 2.08. The summed E-state index contributed by atoms with van der Waals surface area (Å²) in [5.74, 6) is 0. The van der Waals surface area contributed by atoms with Crippen molar-refractivity contribution in [2.45, 2.75) is 0 Å². The molecule has 0 amide bonds. The molecule has 0 aliphatic heterocycles. The summed E-state index contributed by atoms with van der Waals surface area (Å²) in [7, 11) is 0. The summed E-state index contributed by atoms with van der Waals surface area (Å²) < 4.78 is 5.77. The maximum absolute atomic E-state index is 5.77. The van der Waals surface area contributed by atoms with Gasteiger partial charge in [-0.1, -0.05) is 24.3 Å². The first-order valence-corrected chi connectivity index (χ1v) is 7.38. The smallest absolute Gasteiger partial charge is 0.155 e. The van der Waals surface area contributed by atoms with Gasteiger partial charge in [0.05, 0.1) is 28.5 Å². The van der Waals surface area contributed by atoms with Crippen molar-refractivity contribution in [1.82, 2.24) is 15.0 Å². The third-order valence-corrected chi connectivity index (χ3v) is 3.97. The maximum atomic E-state index is 5.77. The minimum absolute atomic E-state index is 0.739. The number of aromatic nitrogens is 3. The average Bonchev–Trinajstić information content (AvgIpc) is 2.99. The van der Waals surface area contributed by atoms with Gasteiger partial charge in [0.15, 0.2) is 11.2 Å². The van der Waals surface area contributed by atoms with Crippen molar-refractivity contribution >= 4 is 33.0 Å². The monoisotopic (exact) mass is 297 g/mol. The fourth-order valence-corrected chi connectivity index (χ4v) is 2.85. The third kappa shape index (κ3) is 1.89. The third-order valence-electron chi connectivity index (χ3n) is 3.97. The number of pyridine rings is 3. The molecule has 4 nitrogen and oxygen atoms in total. The number of fused-ring (bicyclic) bond motifs is 4. The number of hydrogen-bond acceptors (Lipinski definition) is 4. The molecule has 5 aromatic rings. The Morgan fingerprint density at radius 3 is 2.74 bits per heavy atom. The first kappa shape index (κ1) is 12.3. The molecule has 0 aliphatic carbocycles. The quantitative estimate of drug-likeness (QED) is 0.454. The lowest BCUT2D eigenvalue weighted by atomic mass is 10.1. The van der Waals surface area contributed by atoms with Crippen molar-refractivity contribution < 1.29 is 4.42 Å². The summed E-state index contributed by atoms with van der Waals surface area (Å²) >= 11 is 0. The van der Waals surface area contributed by atoms with E-state index in [2.05, 4.69) is 22.1 Å². The first-order chi connectivity index (χ1) is 11.4. The van der Waals surface area contributed by atoms with Crippen LogP contribution in [0.5, 0.6) is 0 Å². The normalized spacial score (nSPS) is 11.5. The average molecular weight is 297 g/mol. The number of nitrogens with zero attached hydrogens (tertiary/aromatic N) is 3. The molecule has 0 saturated carbocycles. The molecule has 0 unspecified atom stereocenters. The number of furan rings is 1. The van der Waals surface area contributed by atoms with Gasteiger partial charge < -0.3 is 4.42 Å². The lowest BCUT2D eigenvalue weighted by Gasteiger charge is -2.02. The van der Waals surface area contributed by atoms with Gasteiger partial charge in [0, 0.05) is 11.6 Å². The number of benzene rings is 1. The summed E-state index contributed by atoms with van der Waals surface area (Å²) in [4.78, 5) is 13.6. The molecule has 0 atom stereocenters. The molecule has 0 aliphatic rings. The number of para-hydroxylation sites is 1. The Bertz CT molecular complexity index is 1180. The summed E-state index contributed by atoms with van der Waals surface area (Å²) in [6.07, 6.45) is 3.51. The van der Waals surface area contributed by atoms with E-state index in [9.17, 15) is 0 Å². The van der Waals surface area contributed by atoms with E-state index in [0.29, 0.717) is 0 Å². The second-order valence-corrected chi connectivity index (χ2v) is 5.41. The van der Waals surface area contributed by atoms with Crippen molar-refractivity contribution in [2.75, 3.05) is 0 Å². The Balaban J connectivity index is 1.76.